The molecule has 3 aromatic rings. The predicted octanol–water partition coefficient (Wildman–Crippen LogP) is 3.33. The minimum atomic E-state index is -0.923. The Morgan fingerprint density at radius 1 is 1.29 bits per heavy atom. The number of nitrogens with zero attached hydrogens (tertiary/aromatic N) is 5. The fraction of sp³-hybridized carbons (Fsp3) is 0.300. The van der Waals surface area contributed by atoms with Crippen molar-refractivity contribution in [3.05, 3.63) is 59.5 Å². The summed E-state index contributed by atoms with van der Waals surface area (Å²) in [6.07, 6.45) is 2.78. The number of halogens is 2. The maximum atomic E-state index is 14.4. The van der Waals surface area contributed by atoms with Gasteiger partial charge in [0.15, 0.2) is 11.6 Å². The van der Waals surface area contributed by atoms with Crippen LogP contribution >= 0.6 is 11.6 Å². The van der Waals surface area contributed by atoms with E-state index in [1.807, 2.05) is 29.8 Å². The molecule has 1 fully saturated rings. The van der Waals surface area contributed by atoms with Crippen molar-refractivity contribution < 1.29 is 19.0 Å². The van der Waals surface area contributed by atoms with Gasteiger partial charge in [0, 0.05) is 16.9 Å². The zero-order chi connectivity index (χ0) is 22.1. The van der Waals surface area contributed by atoms with Crippen molar-refractivity contribution in [2.24, 2.45) is 0 Å². The van der Waals surface area contributed by atoms with Crippen LogP contribution in [0.15, 0.2) is 43.0 Å². The summed E-state index contributed by atoms with van der Waals surface area (Å²) in [6, 6.07) is 6.26. The SMILES string of the molecule is C[C@@H](Nc1ncc(F)c(N2C(=O)OC[C@@H]2[C@@H](C)O)n1)c1cn(-c2ccc(Cl)cc2)cn1. The minimum Gasteiger partial charge on any atom is -0.447 e. The number of hydrogen-bond donors (Lipinski definition) is 2. The molecule has 11 heteroatoms. The molecule has 0 aliphatic carbocycles. The number of hydrogen-bond acceptors (Lipinski definition) is 7. The highest BCUT2D eigenvalue weighted by Gasteiger charge is 2.39. The number of carbonyl (C=O) groups excluding carboxylic acids is 1. The Morgan fingerprint density at radius 3 is 2.74 bits per heavy atom. The number of aromatic nitrogens is 4. The van der Waals surface area contributed by atoms with Crippen LogP contribution in [-0.4, -0.2) is 49.5 Å². The van der Waals surface area contributed by atoms with Gasteiger partial charge in [-0.25, -0.2) is 24.1 Å². The van der Waals surface area contributed by atoms with Crippen LogP contribution in [0.3, 0.4) is 0 Å². The zero-order valence-corrected chi connectivity index (χ0v) is 17.5. The quantitative estimate of drug-likeness (QED) is 0.598. The van der Waals surface area contributed by atoms with E-state index >= 15 is 0 Å². The van der Waals surface area contributed by atoms with Gasteiger partial charge in [-0.1, -0.05) is 11.6 Å². The highest BCUT2D eigenvalue weighted by atomic mass is 35.5. The molecule has 3 atom stereocenters. The Bertz CT molecular complexity index is 1090. The molecule has 1 saturated heterocycles. The molecule has 31 heavy (non-hydrogen) atoms. The lowest BCUT2D eigenvalue weighted by molar-refractivity contribution is 0.142. The van der Waals surface area contributed by atoms with Crippen LogP contribution in [0.5, 0.6) is 0 Å². The summed E-state index contributed by atoms with van der Waals surface area (Å²) in [5, 5.41) is 13.6. The molecule has 0 radical (unpaired) electrons. The molecule has 1 aliphatic rings. The number of anilines is 2. The summed E-state index contributed by atoms with van der Waals surface area (Å²) in [7, 11) is 0. The lowest BCUT2D eigenvalue weighted by Crippen LogP contribution is -2.42. The summed E-state index contributed by atoms with van der Waals surface area (Å²) >= 11 is 5.93. The largest absolute Gasteiger partial charge is 0.447 e. The molecule has 0 bridgehead atoms. The summed E-state index contributed by atoms with van der Waals surface area (Å²) in [6.45, 7) is 3.29. The Kier molecular flexibility index (Phi) is 5.75. The van der Waals surface area contributed by atoms with Crippen LogP contribution < -0.4 is 10.2 Å². The fourth-order valence-corrected chi connectivity index (χ4v) is 3.34. The van der Waals surface area contributed by atoms with Crippen molar-refractivity contribution in [1.82, 2.24) is 19.5 Å². The van der Waals surface area contributed by atoms with Gasteiger partial charge in [0.25, 0.3) is 0 Å². The van der Waals surface area contributed by atoms with Crippen LogP contribution in [0.1, 0.15) is 25.6 Å². The van der Waals surface area contributed by atoms with Crippen LogP contribution in [0.4, 0.5) is 21.0 Å². The predicted molar refractivity (Wildman–Crippen MR) is 112 cm³/mol. The van der Waals surface area contributed by atoms with E-state index in [1.54, 1.807) is 18.5 Å². The number of amides is 1. The van der Waals surface area contributed by atoms with Crippen molar-refractivity contribution >= 4 is 29.5 Å². The van der Waals surface area contributed by atoms with E-state index in [-0.39, 0.29) is 24.4 Å². The second kappa shape index (κ2) is 8.48. The molecule has 4 rings (SSSR count). The highest BCUT2D eigenvalue weighted by molar-refractivity contribution is 6.30. The van der Waals surface area contributed by atoms with Gasteiger partial charge in [0.2, 0.25) is 5.95 Å². The molecule has 162 valence electrons. The molecule has 1 aromatic carbocycles. The lowest BCUT2D eigenvalue weighted by Gasteiger charge is -2.23. The van der Waals surface area contributed by atoms with E-state index in [4.69, 9.17) is 16.3 Å². The molecule has 0 spiro atoms. The molecule has 9 nitrogen and oxygen atoms in total. The normalized spacial score (nSPS) is 18.0. The first kappa shape index (κ1) is 21.0. The number of cyclic esters (lactones) is 1. The van der Waals surface area contributed by atoms with Crippen molar-refractivity contribution in [3.63, 3.8) is 0 Å². The van der Waals surface area contributed by atoms with Gasteiger partial charge in [-0.15, -0.1) is 0 Å². The first-order valence-electron chi connectivity index (χ1n) is 9.56. The van der Waals surface area contributed by atoms with Crippen molar-refractivity contribution in [3.8, 4) is 5.69 Å². The maximum Gasteiger partial charge on any atom is 0.416 e. The minimum absolute atomic E-state index is 0.0543. The van der Waals surface area contributed by atoms with Crippen LogP contribution in [0, 0.1) is 5.82 Å². The number of imidazole rings is 1. The molecular weight excluding hydrogens is 427 g/mol. The summed E-state index contributed by atoms with van der Waals surface area (Å²) in [5.41, 5.74) is 1.60. The second-order valence-corrected chi connectivity index (χ2v) is 7.60. The Labute approximate surface area is 182 Å². The molecule has 1 amide bonds. The molecular formula is C20H20ClFN6O3. The number of rotatable bonds is 6. The molecule has 0 saturated carbocycles. The van der Waals surface area contributed by atoms with Crippen molar-refractivity contribution in [2.75, 3.05) is 16.8 Å². The highest BCUT2D eigenvalue weighted by Crippen LogP contribution is 2.27. The van der Waals surface area contributed by atoms with E-state index in [0.717, 1.165) is 16.8 Å². The first-order chi connectivity index (χ1) is 14.8. The van der Waals surface area contributed by atoms with E-state index in [9.17, 15) is 14.3 Å². The Morgan fingerprint density at radius 2 is 2.03 bits per heavy atom. The number of benzene rings is 1. The van der Waals surface area contributed by atoms with E-state index in [2.05, 4.69) is 20.3 Å². The average Bonchev–Trinajstić information content (AvgIpc) is 3.37. The van der Waals surface area contributed by atoms with Crippen LogP contribution in [0.25, 0.3) is 5.69 Å². The number of nitrogens with one attached hydrogen (secondary N) is 1. The van der Waals surface area contributed by atoms with Gasteiger partial charge in [-0.3, -0.25) is 0 Å². The average molecular weight is 447 g/mol. The smallest absolute Gasteiger partial charge is 0.416 e. The van der Waals surface area contributed by atoms with Gasteiger partial charge >= 0.3 is 6.09 Å². The topological polar surface area (TPSA) is 105 Å². The second-order valence-electron chi connectivity index (χ2n) is 7.17. The van der Waals surface area contributed by atoms with Gasteiger partial charge in [-0.2, -0.15) is 4.98 Å². The third-order valence-electron chi connectivity index (χ3n) is 4.93. The number of aliphatic hydroxyl groups excluding tert-OH is 1. The standard InChI is InChI=1S/C20H20ClFN6O3/c1-11(16-8-27(10-24-16)14-5-3-13(21)4-6-14)25-19-23-7-15(22)18(26-19)28-17(12(2)29)9-31-20(28)30/h3-8,10-12,17,29H,9H2,1-2H3,(H,23,25,26)/t11-,12-,17-/m1/s1. The molecule has 2 aromatic heterocycles. The molecule has 0 unspecified atom stereocenters. The fourth-order valence-electron chi connectivity index (χ4n) is 3.21. The lowest BCUT2D eigenvalue weighted by atomic mass is 10.2. The van der Waals surface area contributed by atoms with Gasteiger partial charge in [0.1, 0.15) is 12.6 Å². The van der Waals surface area contributed by atoms with E-state index in [0.29, 0.717) is 10.7 Å². The maximum absolute atomic E-state index is 14.4. The monoisotopic (exact) mass is 446 g/mol. The Hall–Kier alpha value is -3.24. The Balaban J connectivity index is 1.54. The molecule has 1 aliphatic heterocycles. The third-order valence-corrected chi connectivity index (χ3v) is 5.19. The summed E-state index contributed by atoms with van der Waals surface area (Å²) < 4.78 is 21.2. The zero-order valence-electron chi connectivity index (χ0n) is 16.7. The van der Waals surface area contributed by atoms with Crippen LogP contribution in [-0.2, 0) is 4.74 Å². The number of carbonyl (C=O) groups is 1. The first-order valence-corrected chi connectivity index (χ1v) is 9.94. The number of ether oxygens (including phenoxy) is 1. The van der Waals surface area contributed by atoms with E-state index < -0.39 is 24.1 Å². The summed E-state index contributed by atoms with van der Waals surface area (Å²) in [4.78, 5) is 25.6. The van der Waals surface area contributed by atoms with Gasteiger partial charge < -0.3 is 19.7 Å². The van der Waals surface area contributed by atoms with Gasteiger partial charge in [-0.05, 0) is 38.1 Å². The summed E-state index contributed by atoms with van der Waals surface area (Å²) in [5.74, 6) is -0.950. The van der Waals surface area contributed by atoms with Crippen molar-refractivity contribution in [2.45, 2.75) is 32.0 Å². The third kappa shape index (κ3) is 4.30. The van der Waals surface area contributed by atoms with Crippen molar-refractivity contribution in [1.29, 1.82) is 0 Å². The van der Waals surface area contributed by atoms with Crippen LogP contribution in [0.2, 0.25) is 5.02 Å². The van der Waals surface area contributed by atoms with E-state index in [1.165, 1.54) is 6.92 Å². The molecule has 3 heterocycles. The van der Waals surface area contributed by atoms with Gasteiger partial charge in [0.05, 0.1) is 30.4 Å². The molecule has 2 N–H and O–H groups in total. The number of aliphatic hydroxyl groups is 1.